The summed E-state index contributed by atoms with van der Waals surface area (Å²) in [6.45, 7) is 6.67. The fourth-order valence-electron chi connectivity index (χ4n) is 1.33. The van der Waals surface area contributed by atoms with Gasteiger partial charge in [-0.25, -0.2) is 0 Å². The van der Waals surface area contributed by atoms with Crippen molar-refractivity contribution in [3.8, 4) is 0 Å². The van der Waals surface area contributed by atoms with Gasteiger partial charge in [0.2, 0.25) is 0 Å². The molecular weight excluding hydrogens is 142 g/mol. The molecule has 0 aromatic carbocycles. The van der Waals surface area contributed by atoms with Crippen LogP contribution in [0.2, 0.25) is 0 Å². The summed E-state index contributed by atoms with van der Waals surface area (Å²) in [4.78, 5) is 2.15. The predicted octanol–water partition coefficient (Wildman–Crippen LogP) is -0.319. The van der Waals surface area contributed by atoms with Crippen LogP contribution in [0.4, 0.5) is 0 Å². The second kappa shape index (κ2) is 3.09. The third kappa shape index (κ3) is 2.43. The lowest BCUT2D eigenvalue weighted by Gasteiger charge is -2.40. The Bertz CT molecular complexity index is 130. The molecule has 1 aliphatic heterocycles. The molecule has 0 bridgehead atoms. The number of likely N-dealkylation sites (tertiary alicyclic amines) is 1. The fraction of sp³-hybridized carbons (Fsp3) is 1.00. The molecule has 0 atom stereocenters. The molecule has 0 unspecified atom stereocenters. The van der Waals surface area contributed by atoms with Crippen LogP contribution in [-0.2, 0) is 0 Å². The molecule has 3 nitrogen and oxygen atoms in total. The van der Waals surface area contributed by atoms with Gasteiger partial charge in [-0.1, -0.05) is 13.8 Å². The Labute approximate surface area is 67.6 Å². The maximum atomic E-state index is 8.98. The predicted molar refractivity (Wildman–Crippen MR) is 43.3 cm³/mol. The first-order valence-corrected chi connectivity index (χ1v) is 4.05. The molecule has 2 N–H and O–H groups in total. The number of aliphatic hydroxyl groups excluding tert-OH is 2. The molecule has 0 radical (unpaired) electrons. The Morgan fingerprint density at radius 1 is 1.45 bits per heavy atom. The van der Waals surface area contributed by atoms with Crippen molar-refractivity contribution >= 4 is 0 Å². The molecule has 1 fully saturated rings. The van der Waals surface area contributed by atoms with Gasteiger partial charge in [-0.2, -0.15) is 0 Å². The van der Waals surface area contributed by atoms with Gasteiger partial charge in [-0.05, 0) is 0 Å². The van der Waals surface area contributed by atoms with Crippen LogP contribution in [0.25, 0.3) is 0 Å². The third-order valence-electron chi connectivity index (χ3n) is 2.02. The summed E-state index contributed by atoms with van der Waals surface area (Å²) < 4.78 is 0. The Balaban J connectivity index is 2.21. The third-order valence-corrected chi connectivity index (χ3v) is 2.02. The number of hydrogen-bond donors (Lipinski definition) is 2. The Morgan fingerprint density at radius 2 is 2.00 bits per heavy atom. The summed E-state index contributed by atoms with van der Waals surface area (Å²) >= 11 is 0. The molecule has 11 heavy (non-hydrogen) atoms. The minimum atomic E-state index is -0.135. The highest BCUT2D eigenvalue weighted by Crippen LogP contribution is 2.19. The van der Waals surface area contributed by atoms with E-state index in [0.717, 1.165) is 19.6 Å². The van der Waals surface area contributed by atoms with E-state index in [1.165, 1.54) is 0 Å². The van der Waals surface area contributed by atoms with E-state index in [1.807, 2.05) is 13.8 Å². The lowest BCUT2D eigenvalue weighted by molar-refractivity contribution is -0.0260. The first-order valence-electron chi connectivity index (χ1n) is 4.05. The SMILES string of the molecule is CC(C)(CO)CN1CC(O)C1. The maximum absolute atomic E-state index is 8.98. The van der Waals surface area contributed by atoms with E-state index in [-0.39, 0.29) is 18.1 Å². The number of β-amino-alcohol motifs (C(OH)–C–C–N with tert-alkyl or cyclic N) is 1. The molecule has 1 saturated heterocycles. The molecule has 0 saturated carbocycles. The van der Waals surface area contributed by atoms with Crippen molar-refractivity contribution in [3.63, 3.8) is 0 Å². The molecule has 66 valence electrons. The van der Waals surface area contributed by atoms with Crippen molar-refractivity contribution in [1.29, 1.82) is 0 Å². The van der Waals surface area contributed by atoms with Crippen molar-refractivity contribution in [2.24, 2.45) is 5.41 Å². The van der Waals surface area contributed by atoms with Crippen LogP contribution in [0.3, 0.4) is 0 Å². The van der Waals surface area contributed by atoms with E-state index in [2.05, 4.69) is 4.90 Å². The van der Waals surface area contributed by atoms with Gasteiger partial charge in [-0.3, -0.25) is 4.90 Å². The van der Waals surface area contributed by atoms with Gasteiger partial charge in [-0.15, -0.1) is 0 Å². The van der Waals surface area contributed by atoms with Crippen LogP contribution in [0.5, 0.6) is 0 Å². The summed E-state index contributed by atoms with van der Waals surface area (Å²) in [5, 5.41) is 17.9. The second-order valence-corrected chi connectivity index (χ2v) is 4.17. The zero-order valence-electron chi connectivity index (χ0n) is 7.25. The van der Waals surface area contributed by atoms with Crippen LogP contribution < -0.4 is 0 Å². The zero-order valence-corrected chi connectivity index (χ0v) is 7.25. The highest BCUT2D eigenvalue weighted by Gasteiger charge is 2.29. The molecule has 0 amide bonds. The highest BCUT2D eigenvalue weighted by atomic mass is 16.3. The first kappa shape index (κ1) is 8.97. The molecule has 0 aliphatic carbocycles. The number of aliphatic hydroxyl groups is 2. The van der Waals surface area contributed by atoms with E-state index < -0.39 is 0 Å². The van der Waals surface area contributed by atoms with Gasteiger partial charge in [0, 0.05) is 31.7 Å². The smallest absolute Gasteiger partial charge is 0.0793 e. The van der Waals surface area contributed by atoms with Crippen molar-refractivity contribution in [2.45, 2.75) is 20.0 Å². The van der Waals surface area contributed by atoms with Gasteiger partial charge in [0.1, 0.15) is 0 Å². The molecule has 1 rings (SSSR count). The average molecular weight is 159 g/mol. The largest absolute Gasteiger partial charge is 0.396 e. The first-order chi connectivity index (χ1) is 5.03. The van der Waals surface area contributed by atoms with Crippen LogP contribution in [-0.4, -0.2) is 47.5 Å². The number of rotatable bonds is 3. The quantitative estimate of drug-likeness (QED) is 0.593. The van der Waals surface area contributed by atoms with Gasteiger partial charge in [0.25, 0.3) is 0 Å². The van der Waals surface area contributed by atoms with Crippen LogP contribution in [0, 0.1) is 5.41 Å². The highest BCUT2D eigenvalue weighted by molar-refractivity contribution is 4.83. The topological polar surface area (TPSA) is 43.7 Å². The van der Waals surface area contributed by atoms with E-state index in [9.17, 15) is 0 Å². The Hall–Kier alpha value is -0.120. The summed E-state index contributed by atoms with van der Waals surface area (Å²) in [6.07, 6.45) is -0.135. The number of hydrogen-bond acceptors (Lipinski definition) is 3. The molecule has 1 heterocycles. The minimum absolute atomic E-state index is 0.0276. The standard InChI is InChI=1S/C8H17NO2/c1-8(2,6-10)5-9-3-7(11)4-9/h7,10-11H,3-6H2,1-2H3. The minimum Gasteiger partial charge on any atom is -0.396 e. The summed E-state index contributed by atoms with van der Waals surface area (Å²) in [5.74, 6) is 0. The summed E-state index contributed by atoms with van der Waals surface area (Å²) in [6, 6.07) is 0. The molecule has 0 spiro atoms. The number of nitrogens with zero attached hydrogens (tertiary/aromatic N) is 1. The lowest BCUT2D eigenvalue weighted by atomic mass is 9.92. The Morgan fingerprint density at radius 3 is 2.36 bits per heavy atom. The molecule has 3 heteroatoms. The molecule has 0 aromatic heterocycles. The van der Waals surface area contributed by atoms with E-state index in [1.54, 1.807) is 0 Å². The zero-order chi connectivity index (χ0) is 8.48. The van der Waals surface area contributed by atoms with Crippen molar-refractivity contribution in [2.75, 3.05) is 26.2 Å². The van der Waals surface area contributed by atoms with Crippen LogP contribution in [0.15, 0.2) is 0 Å². The average Bonchev–Trinajstić information content (AvgIpc) is 1.84. The van der Waals surface area contributed by atoms with Gasteiger partial charge >= 0.3 is 0 Å². The van der Waals surface area contributed by atoms with E-state index in [0.29, 0.717) is 0 Å². The summed E-state index contributed by atoms with van der Waals surface area (Å²) in [7, 11) is 0. The Kier molecular flexibility index (Phi) is 2.52. The van der Waals surface area contributed by atoms with Crippen LogP contribution in [0.1, 0.15) is 13.8 Å². The maximum Gasteiger partial charge on any atom is 0.0793 e. The lowest BCUT2D eigenvalue weighted by Crippen LogP contribution is -2.54. The van der Waals surface area contributed by atoms with E-state index in [4.69, 9.17) is 10.2 Å². The van der Waals surface area contributed by atoms with E-state index >= 15 is 0 Å². The molecule has 1 aliphatic rings. The van der Waals surface area contributed by atoms with Crippen molar-refractivity contribution in [3.05, 3.63) is 0 Å². The van der Waals surface area contributed by atoms with Crippen LogP contribution >= 0.6 is 0 Å². The van der Waals surface area contributed by atoms with Gasteiger partial charge < -0.3 is 10.2 Å². The van der Waals surface area contributed by atoms with Crippen molar-refractivity contribution < 1.29 is 10.2 Å². The monoisotopic (exact) mass is 159 g/mol. The normalized spacial score (nSPS) is 21.8. The second-order valence-electron chi connectivity index (χ2n) is 4.17. The molecule has 0 aromatic rings. The summed E-state index contributed by atoms with van der Waals surface area (Å²) in [5.41, 5.74) is -0.0276. The fourth-order valence-corrected chi connectivity index (χ4v) is 1.33. The van der Waals surface area contributed by atoms with Crippen molar-refractivity contribution in [1.82, 2.24) is 4.90 Å². The molecular formula is C8H17NO2. The van der Waals surface area contributed by atoms with Gasteiger partial charge in [0.05, 0.1) is 6.10 Å². The van der Waals surface area contributed by atoms with Gasteiger partial charge in [0.15, 0.2) is 0 Å².